The van der Waals surface area contributed by atoms with E-state index < -0.39 is 11.6 Å². The third-order valence-corrected chi connectivity index (χ3v) is 3.06. The number of benzene rings is 1. The van der Waals surface area contributed by atoms with Crippen LogP contribution in [0.1, 0.15) is 12.5 Å². The van der Waals surface area contributed by atoms with E-state index in [4.69, 9.17) is 0 Å². The van der Waals surface area contributed by atoms with E-state index in [9.17, 15) is 8.78 Å². The molecule has 1 saturated heterocycles. The minimum absolute atomic E-state index is 0.177. The molecule has 0 aromatic heterocycles. The molecule has 0 amide bonds. The van der Waals surface area contributed by atoms with Gasteiger partial charge in [0.1, 0.15) is 11.6 Å². The number of halogens is 2. The molecule has 4 heteroatoms. The van der Waals surface area contributed by atoms with Gasteiger partial charge in [0.05, 0.1) is 0 Å². The van der Waals surface area contributed by atoms with Crippen molar-refractivity contribution in [2.24, 2.45) is 0 Å². The summed E-state index contributed by atoms with van der Waals surface area (Å²) in [6.07, 6.45) is 0. The van der Waals surface area contributed by atoms with Gasteiger partial charge in [-0.1, -0.05) is 6.07 Å². The lowest BCUT2D eigenvalue weighted by molar-refractivity contribution is 0.161. The molecule has 1 fully saturated rings. The average molecular weight is 226 g/mol. The lowest BCUT2D eigenvalue weighted by Gasteiger charge is -2.33. The van der Waals surface area contributed by atoms with E-state index in [1.165, 1.54) is 18.2 Å². The maximum Gasteiger partial charge on any atom is 0.130 e. The zero-order valence-electron chi connectivity index (χ0n) is 9.34. The van der Waals surface area contributed by atoms with Crippen molar-refractivity contribution in [2.45, 2.75) is 19.5 Å². The molecule has 0 bridgehead atoms. The Hall–Kier alpha value is -1.00. The average Bonchev–Trinajstić information content (AvgIpc) is 2.26. The van der Waals surface area contributed by atoms with Crippen molar-refractivity contribution in [3.8, 4) is 0 Å². The number of hydrogen-bond donors (Lipinski definition) is 1. The highest BCUT2D eigenvalue weighted by Crippen LogP contribution is 2.16. The number of piperazine rings is 1. The second-order valence-electron chi connectivity index (χ2n) is 4.22. The quantitative estimate of drug-likeness (QED) is 0.826. The molecule has 1 N–H and O–H groups in total. The summed E-state index contributed by atoms with van der Waals surface area (Å²) in [6, 6.07) is 4.33. The summed E-state index contributed by atoms with van der Waals surface area (Å²) >= 11 is 0. The first kappa shape index (κ1) is 11.5. The lowest BCUT2D eigenvalue weighted by Crippen LogP contribution is -2.49. The Kier molecular flexibility index (Phi) is 3.51. The highest BCUT2D eigenvalue weighted by atomic mass is 19.1. The Balaban J connectivity index is 2.13. The van der Waals surface area contributed by atoms with Crippen LogP contribution in [0.5, 0.6) is 0 Å². The molecule has 1 aliphatic rings. The van der Waals surface area contributed by atoms with Crippen molar-refractivity contribution in [3.05, 3.63) is 35.4 Å². The number of hydrogen-bond acceptors (Lipinski definition) is 2. The van der Waals surface area contributed by atoms with E-state index in [1.54, 1.807) is 0 Å². The Bertz CT molecular complexity index is 348. The first-order chi connectivity index (χ1) is 7.68. The summed E-state index contributed by atoms with van der Waals surface area (Å²) in [6.45, 7) is 4.98. The van der Waals surface area contributed by atoms with Crippen LogP contribution in [0.25, 0.3) is 0 Å². The second kappa shape index (κ2) is 4.89. The molecule has 1 aromatic rings. The van der Waals surface area contributed by atoms with Gasteiger partial charge in [0, 0.05) is 37.8 Å². The zero-order chi connectivity index (χ0) is 11.5. The van der Waals surface area contributed by atoms with Crippen LogP contribution in [-0.4, -0.2) is 30.6 Å². The highest BCUT2D eigenvalue weighted by molar-refractivity contribution is 5.19. The fourth-order valence-corrected chi connectivity index (χ4v) is 2.00. The molecule has 0 saturated carbocycles. The first-order valence-electron chi connectivity index (χ1n) is 5.56. The van der Waals surface area contributed by atoms with Gasteiger partial charge in [-0.3, -0.25) is 4.90 Å². The largest absolute Gasteiger partial charge is 0.314 e. The van der Waals surface area contributed by atoms with Crippen LogP contribution in [0.15, 0.2) is 18.2 Å². The van der Waals surface area contributed by atoms with Crippen molar-refractivity contribution in [3.63, 3.8) is 0 Å². The smallest absolute Gasteiger partial charge is 0.130 e. The van der Waals surface area contributed by atoms with Crippen molar-refractivity contribution < 1.29 is 8.78 Å². The van der Waals surface area contributed by atoms with E-state index in [-0.39, 0.29) is 5.56 Å². The molecule has 2 nitrogen and oxygen atoms in total. The van der Waals surface area contributed by atoms with Crippen molar-refractivity contribution in [2.75, 3.05) is 19.6 Å². The van der Waals surface area contributed by atoms with Gasteiger partial charge >= 0.3 is 0 Å². The predicted octanol–water partition coefficient (Wildman–Crippen LogP) is 1.76. The van der Waals surface area contributed by atoms with Gasteiger partial charge < -0.3 is 5.32 Å². The molecule has 0 spiro atoms. The molecule has 1 atom stereocenters. The van der Waals surface area contributed by atoms with Gasteiger partial charge in [-0.05, 0) is 19.1 Å². The molecule has 0 unspecified atom stereocenters. The maximum atomic E-state index is 13.5. The summed E-state index contributed by atoms with van der Waals surface area (Å²) in [5.74, 6) is -0.906. The number of nitrogens with one attached hydrogen (secondary N) is 1. The van der Waals surface area contributed by atoms with Crippen LogP contribution >= 0.6 is 0 Å². The minimum atomic E-state index is -0.453. The first-order valence-corrected chi connectivity index (χ1v) is 5.56. The van der Waals surface area contributed by atoms with Gasteiger partial charge in [-0.15, -0.1) is 0 Å². The standard InChI is InChI=1S/C12H16F2N2/c1-9-7-15-5-6-16(9)8-10-11(13)3-2-4-12(10)14/h2-4,9,15H,5-8H2,1H3/t9-/m0/s1. The van der Waals surface area contributed by atoms with Gasteiger partial charge in [-0.25, -0.2) is 8.78 Å². The van der Waals surface area contributed by atoms with Gasteiger partial charge in [0.15, 0.2) is 0 Å². The monoisotopic (exact) mass is 226 g/mol. The minimum Gasteiger partial charge on any atom is -0.314 e. The van der Waals surface area contributed by atoms with Crippen LogP contribution < -0.4 is 5.32 Å². The molecule has 1 aliphatic heterocycles. The van der Waals surface area contributed by atoms with Gasteiger partial charge in [0.25, 0.3) is 0 Å². The van der Waals surface area contributed by atoms with E-state index in [0.29, 0.717) is 12.6 Å². The molecule has 88 valence electrons. The summed E-state index contributed by atoms with van der Waals surface area (Å²) < 4.78 is 26.9. The zero-order valence-corrected chi connectivity index (χ0v) is 9.34. The van der Waals surface area contributed by atoms with Crippen LogP contribution in [0.4, 0.5) is 8.78 Å². The fourth-order valence-electron chi connectivity index (χ4n) is 2.00. The Morgan fingerprint density at radius 1 is 1.38 bits per heavy atom. The lowest BCUT2D eigenvalue weighted by atomic mass is 10.1. The Morgan fingerprint density at radius 2 is 2.06 bits per heavy atom. The molecule has 1 aromatic carbocycles. The SMILES string of the molecule is C[C@H]1CNCCN1Cc1c(F)cccc1F. The van der Waals surface area contributed by atoms with Crippen LogP contribution in [0.3, 0.4) is 0 Å². The van der Waals surface area contributed by atoms with Crippen LogP contribution in [0, 0.1) is 11.6 Å². The predicted molar refractivity (Wildman–Crippen MR) is 59.1 cm³/mol. The second-order valence-corrected chi connectivity index (χ2v) is 4.22. The van der Waals surface area contributed by atoms with E-state index >= 15 is 0 Å². The normalized spacial score (nSPS) is 22.3. The van der Waals surface area contributed by atoms with E-state index in [0.717, 1.165) is 19.6 Å². The molecule has 16 heavy (non-hydrogen) atoms. The fraction of sp³-hybridized carbons (Fsp3) is 0.500. The van der Waals surface area contributed by atoms with E-state index in [2.05, 4.69) is 17.1 Å². The number of rotatable bonds is 2. The van der Waals surface area contributed by atoms with Crippen molar-refractivity contribution in [1.29, 1.82) is 0 Å². The third kappa shape index (κ3) is 2.39. The molecular weight excluding hydrogens is 210 g/mol. The topological polar surface area (TPSA) is 15.3 Å². The summed E-state index contributed by atoms with van der Waals surface area (Å²) in [4.78, 5) is 2.10. The van der Waals surface area contributed by atoms with Crippen LogP contribution in [-0.2, 0) is 6.54 Å². The van der Waals surface area contributed by atoms with Crippen molar-refractivity contribution in [1.82, 2.24) is 10.2 Å². The van der Waals surface area contributed by atoms with Crippen LogP contribution in [0.2, 0.25) is 0 Å². The van der Waals surface area contributed by atoms with Crippen molar-refractivity contribution >= 4 is 0 Å². The molecule has 0 aliphatic carbocycles. The highest BCUT2D eigenvalue weighted by Gasteiger charge is 2.20. The number of nitrogens with zero attached hydrogens (tertiary/aromatic N) is 1. The molecule has 0 radical (unpaired) electrons. The van der Waals surface area contributed by atoms with E-state index in [1.807, 2.05) is 0 Å². The van der Waals surface area contributed by atoms with Gasteiger partial charge in [-0.2, -0.15) is 0 Å². The maximum absolute atomic E-state index is 13.5. The molecule has 2 rings (SSSR count). The summed E-state index contributed by atoms with van der Waals surface area (Å²) in [5, 5.41) is 3.25. The Labute approximate surface area is 94.3 Å². The summed E-state index contributed by atoms with van der Waals surface area (Å²) in [7, 11) is 0. The third-order valence-electron chi connectivity index (χ3n) is 3.06. The van der Waals surface area contributed by atoms with Gasteiger partial charge in [0.2, 0.25) is 0 Å². The molecular formula is C12H16F2N2. The summed E-state index contributed by atoms with van der Waals surface area (Å²) in [5.41, 5.74) is 0.177. The Morgan fingerprint density at radius 3 is 2.69 bits per heavy atom. The molecule has 1 heterocycles.